The molecule has 0 heterocycles. The third-order valence-electron chi connectivity index (χ3n) is 2.69. The molecule has 1 N–H and O–H groups in total. The molecule has 2 aromatic rings. The van der Waals surface area contributed by atoms with E-state index in [9.17, 15) is 4.79 Å². The molecule has 20 heavy (non-hydrogen) atoms. The van der Waals surface area contributed by atoms with Crippen LogP contribution in [0.3, 0.4) is 0 Å². The lowest BCUT2D eigenvalue weighted by Gasteiger charge is -2.11. The molecule has 0 fully saturated rings. The Labute approximate surface area is 117 Å². The molecule has 0 spiro atoms. The maximum atomic E-state index is 11.7. The Morgan fingerprint density at radius 1 is 1.10 bits per heavy atom. The Morgan fingerprint density at radius 3 is 2.30 bits per heavy atom. The monoisotopic (exact) mass is 266 g/mol. The normalized spacial score (nSPS) is 11.3. The van der Waals surface area contributed by atoms with Crippen molar-refractivity contribution in [3.63, 3.8) is 0 Å². The minimum Gasteiger partial charge on any atom is -0.426 e. The first-order valence-electron chi connectivity index (χ1n) is 6.23. The number of benzene rings is 2. The molecule has 0 aliphatic rings. The van der Waals surface area contributed by atoms with Crippen molar-refractivity contribution in [1.29, 1.82) is 5.26 Å². The van der Waals surface area contributed by atoms with Crippen LogP contribution in [0.4, 0.5) is 0 Å². The molecule has 0 aliphatic carbocycles. The van der Waals surface area contributed by atoms with Crippen molar-refractivity contribution >= 4 is 5.97 Å². The molecule has 1 unspecified atom stereocenters. The first-order chi connectivity index (χ1) is 9.79. The van der Waals surface area contributed by atoms with E-state index in [1.807, 2.05) is 36.4 Å². The summed E-state index contributed by atoms with van der Waals surface area (Å²) in [6.07, 6.45) is 0. The van der Waals surface area contributed by atoms with Crippen LogP contribution in [0.5, 0.6) is 5.75 Å². The molecule has 0 amide bonds. The number of hydrogen-bond acceptors (Lipinski definition) is 4. The van der Waals surface area contributed by atoms with E-state index in [1.54, 1.807) is 24.3 Å². The fraction of sp³-hybridized carbons (Fsp3) is 0.125. The summed E-state index contributed by atoms with van der Waals surface area (Å²) in [5.41, 5.74) is 0.822. The van der Waals surface area contributed by atoms with E-state index in [1.165, 1.54) is 0 Å². The van der Waals surface area contributed by atoms with Crippen LogP contribution < -0.4 is 10.1 Å². The van der Waals surface area contributed by atoms with E-state index in [0.29, 0.717) is 5.75 Å². The second-order valence-electron chi connectivity index (χ2n) is 4.14. The predicted molar refractivity (Wildman–Crippen MR) is 74.9 cm³/mol. The topological polar surface area (TPSA) is 62.1 Å². The number of carbonyl (C=O) groups is 1. The fourth-order valence-corrected chi connectivity index (χ4v) is 1.72. The largest absolute Gasteiger partial charge is 0.426 e. The zero-order chi connectivity index (χ0) is 14.2. The van der Waals surface area contributed by atoms with Crippen LogP contribution in [0, 0.1) is 11.3 Å². The van der Waals surface area contributed by atoms with Crippen LogP contribution in [0.1, 0.15) is 11.6 Å². The Kier molecular flexibility index (Phi) is 4.87. The van der Waals surface area contributed by atoms with Crippen molar-refractivity contribution in [3.05, 3.63) is 66.2 Å². The van der Waals surface area contributed by atoms with Crippen LogP contribution in [0.25, 0.3) is 0 Å². The van der Waals surface area contributed by atoms with E-state index in [0.717, 1.165) is 5.56 Å². The van der Waals surface area contributed by atoms with Crippen molar-refractivity contribution in [2.45, 2.75) is 6.04 Å². The van der Waals surface area contributed by atoms with Gasteiger partial charge in [-0.05, 0) is 17.7 Å². The van der Waals surface area contributed by atoms with Crippen molar-refractivity contribution in [3.8, 4) is 11.8 Å². The molecule has 2 rings (SSSR count). The predicted octanol–water partition coefficient (Wildman–Crippen LogP) is 2.45. The Balaban J connectivity index is 1.88. The highest BCUT2D eigenvalue weighted by Crippen LogP contribution is 2.11. The third kappa shape index (κ3) is 3.94. The van der Waals surface area contributed by atoms with Crippen LogP contribution in [-0.4, -0.2) is 12.5 Å². The van der Waals surface area contributed by atoms with Crippen LogP contribution >= 0.6 is 0 Å². The van der Waals surface area contributed by atoms with E-state index in [2.05, 4.69) is 11.4 Å². The molecule has 4 nitrogen and oxygen atoms in total. The molecule has 2 aromatic carbocycles. The SMILES string of the molecule is N#CC(NCC(=O)Oc1ccccc1)c1ccccc1. The highest BCUT2D eigenvalue weighted by atomic mass is 16.5. The van der Waals surface area contributed by atoms with Gasteiger partial charge < -0.3 is 4.74 Å². The number of carbonyl (C=O) groups excluding carboxylic acids is 1. The molecule has 0 aliphatic heterocycles. The lowest BCUT2D eigenvalue weighted by molar-refractivity contribution is -0.133. The van der Waals surface area contributed by atoms with Gasteiger partial charge in [0, 0.05) is 0 Å². The standard InChI is InChI=1S/C16H14N2O2/c17-11-15(13-7-3-1-4-8-13)18-12-16(19)20-14-9-5-2-6-10-14/h1-10,15,18H,12H2. The number of para-hydroxylation sites is 1. The molecule has 0 bridgehead atoms. The summed E-state index contributed by atoms with van der Waals surface area (Å²) in [6, 6.07) is 19.7. The third-order valence-corrected chi connectivity index (χ3v) is 2.69. The van der Waals surface area contributed by atoms with E-state index in [-0.39, 0.29) is 6.54 Å². The number of esters is 1. The summed E-state index contributed by atoms with van der Waals surface area (Å²) in [6.45, 7) is -0.0258. The summed E-state index contributed by atoms with van der Waals surface area (Å²) in [5.74, 6) is 0.0694. The maximum absolute atomic E-state index is 11.7. The summed E-state index contributed by atoms with van der Waals surface area (Å²) in [5, 5.41) is 12.0. The summed E-state index contributed by atoms with van der Waals surface area (Å²) in [4.78, 5) is 11.7. The van der Waals surface area contributed by atoms with Gasteiger partial charge >= 0.3 is 5.97 Å². The van der Waals surface area contributed by atoms with E-state index < -0.39 is 12.0 Å². The molecule has 0 radical (unpaired) electrons. The minimum atomic E-state index is -0.528. The average Bonchev–Trinajstić information content (AvgIpc) is 2.50. The first-order valence-corrected chi connectivity index (χ1v) is 6.23. The van der Waals surface area contributed by atoms with Crippen LogP contribution in [-0.2, 0) is 4.79 Å². The number of nitrogens with one attached hydrogen (secondary N) is 1. The Morgan fingerprint density at radius 2 is 1.70 bits per heavy atom. The van der Waals surface area contributed by atoms with Gasteiger partial charge in [0.25, 0.3) is 0 Å². The highest BCUT2D eigenvalue weighted by Gasteiger charge is 2.12. The maximum Gasteiger partial charge on any atom is 0.325 e. The number of rotatable bonds is 5. The second-order valence-corrected chi connectivity index (χ2v) is 4.14. The van der Waals surface area contributed by atoms with Gasteiger partial charge in [-0.2, -0.15) is 5.26 Å². The Hall–Kier alpha value is -2.64. The molecule has 1 atom stereocenters. The number of ether oxygens (including phenoxy) is 1. The zero-order valence-electron chi connectivity index (χ0n) is 10.8. The number of hydrogen-bond donors (Lipinski definition) is 1. The van der Waals surface area contributed by atoms with Crippen LogP contribution in [0.15, 0.2) is 60.7 Å². The summed E-state index contributed by atoms with van der Waals surface area (Å²) in [7, 11) is 0. The van der Waals surface area contributed by atoms with Gasteiger partial charge in [-0.25, -0.2) is 0 Å². The minimum absolute atomic E-state index is 0.0258. The Bertz CT molecular complexity index is 591. The first kappa shape index (κ1) is 13.8. The molecule has 4 heteroatoms. The molecular formula is C16H14N2O2. The lowest BCUT2D eigenvalue weighted by atomic mass is 10.1. The van der Waals surface area contributed by atoms with Crippen LogP contribution in [0.2, 0.25) is 0 Å². The lowest BCUT2D eigenvalue weighted by Crippen LogP contribution is -2.29. The van der Waals surface area contributed by atoms with E-state index in [4.69, 9.17) is 10.00 Å². The van der Waals surface area contributed by atoms with Crippen molar-refractivity contribution < 1.29 is 9.53 Å². The quantitative estimate of drug-likeness (QED) is 0.667. The van der Waals surface area contributed by atoms with Gasteiger partial charge in [-0.3, -0.25) is 10.1 Å². The second kappa shape index (κ2) is 7.07. The molecule has 0 saturated heterocycles. The van der Waals surface area contributed by atoms with Gasteiger partial charge in [0.05, 0.1) is 12.6 Å². The molecule has 0 saturated carbocycles. The van der Waals surface area contributed by atoms with Gasteiger partial charge in [0.15, 0.2) is 0 Å². The molecular weight excluding hydrogens is 252 g/mol. The average molecular weight is 266 g/mol. The zero-order valence-corrected chi connectivity index (χ0v) is 10.8. The number of nitriles is 1. The van der Waals surface area contributed by atoms with Gasteiger partial charge in [-0.15, -0.1) is 0 Å². The van der Waals surface area contributed by atoms with Gasteiger partial charge in [0.2, 0.25) is 0 Å². The van der Waals surface area contributed by atoms with Crippen molar-refractivity contribution in [2.75, 3.05) is 6.54 Å². The van der Waals surface area contributed by atoms with Crippen molar-refractivity contribution in [2.24, 2.45) is 0 Å². The van der Waals surface area contributed by atoms with Crippen molar-refractivity contribution in [1.82, 2.24) is 5.32 Å². The highest BCUT2D eigenvalue weighted by molar-refractivity contribution is 5.74. The molecule has 100 valence electrons. The summed E-state index contributed by atoms with van der Waals surface area (Å²) < 4.78 is 5.13. The van der Waals surface area contributed by atoms with Gasteiger partial charge in [0.1, 0.15) is 11.8 Å². The molecule has 0 aromatic heterocycles. The van der Waals surface area contributed by atoms with E-state index >= 15 is 0 Å². The summed E-state index contributed by atoms with van der Waals surface area (Å²) >= 11 is 0. The number of nitrogens with zero attached hydrogens (tertiary/aromatic N) is 1. The fourth-order valence-electron chi connectivity index (χ4n) is 1.72. The van der Waals surface area contributed by atoms with Gasteiger partial charge in [-0.1, -0.05) is 48.5 Å². The smallest absolute Gasteiger partial charge is 0.325 e.